The second-order valence-corrected chi connectivity index (χ2v) is 10.4. The Hall–Kier alpha value is -3.30. The van der Waals surface area contributed by atoms with Gasteiger partial charge >= 0.3 is 12.5 Å². The van der Waals surface area contributed by atoms with E-state index in [1.54, 1.807) is 0 Å². The van der Waals surface area contributed by atoms with Crippen LogP contribution in [0.3, 0.4) is 0 Å². The average Bonchev–Trinajstić information content (AvgIpc) is 2.90. The lowest BCUT2D eigenvalue weighted by Gasteiger charge is -2.29. The lowest BCUT2D eigenvalue weighted by atomic mass is 9.77. The van der Waals surface area contributed by atoms with Crippen LogP contribution in [0.5, 0.6) is 11.5 Å². The van der Waals surface area contributed by atoms with Gasteiger partial charge in [0, 0.05) is 5.56 Å². The Labute approximate surface area is 233 Å². The molecule has 1 aliphatic rings. The predicted molar refractivity (Wildman–Crippen MR) is 138 cm³/mol. The quantitative estimate of drug-likeness (QED) is 0.174. The summed E-state index contributed by atoms with van der Waals surface area (Å²) in [5.74, 6) is -6.09. The molecule has 0 unspecified atom stereocenters. The highest BCUT2D eigenvalue weighted by atomic mass is 19.4. The first-order valence-electron chi connectivity index (χ1n) is 13.6. The molecule has 0 radical (unpaired) electrons. The van der Waals surface area contributed by atoms with Gasteiger partial charge in [0.15, 0.2) is 11.6 Å². The smallest absolute Gasteiger partial charge is 0.428 e. The zero-order valence-electron chi connectivity index (χ0n) is 22.3. The SMILES string of the molecule is CCCCCC1CCC(c2ccc(C(F)(F)Oc3ccccc3-c3cc(F)c(OC(F)(F)F)c(F)c3)c(F)c2)CC1. The van der Waals surface area contributed by atoms with E-state index in [9.17, 15) is 22.0 Å². The van der Waals surface area contributed by atoms with Crippen LogP contribution < -0.4 is 9.47 Å². The van der Waals surface area contributed by atoms with Crippen molar-refractivity contribution in [3.05, 3.63) is 83.2 Å². The predicted octanol–water partition coefficient (Wildman–Crippen LogP) is 10.7. The molecular weight excluding hydrogens is 556 g/mol. The van der Waals surface area contributed by atoms with Gasteiger partial charge in [-0.1, -0.05) is 56.9 Å². The third-order valence-electron chi connectivity index (χ3n) is 7.49. The van der Waals surface area contributed by atoms with E-state index in [2.05, 4.69) is 11.7 Å². The van der Waals surface area contributed by atoms with Gasteiger partial charge in [0.25, 0.3) is 0 Å². The molecular formula is C31H30F8O2. The molecule has 4 rings (SSSR count). The third kappa shape index (κ3) is 7.71. The van der Waals surface area contributed by atoms with E-state index in [4.69, 9.17) is 4.74 Å². The molecule has 2 nitrogen and oxygen atoms in total. The van der Waals surface area contributed by atoms with E-state index in [-0.39, 0.29) is 17.0 Å². The van der Waals surface area contributed by atoms with Gasteiger partial charge in [-0.05, 0) is 79.0 Å². The van der Waals surface area contributed by atoms with Crippen LogP contribution in [0.1, 0.15) is 75.3 Å². The van der Waals surface area contributed by atoms with Crippen molar-refractivity contribution in [3.63, 3.8) is 0 Å². The molecule has 3 aromatic rings. The highest BCUT2D eigenvalue weighted by molar-refractivity contribution is 5.71. The van der Waals surface area contributed by atoms with Crippen molar-refractivity contribution < 1.29 is 44.6 Å². The molecule has 222 valence electrons. The van der Waals surface area contributed by atoms with Crippen LogP contribution in [0, 0.1) is 23.4 Å². The van der Waals surface area contributed by atoms with E-state index < -0.39 is 47.0 Å². The molecule has 1 aliphatic carbocycles. The van der Waals surface area contributed by atoms with Crippen molar-refractivity contribution in [1.82, 2.24) is 0 Å². The number of hydrogen-bond donors (Lipinski definition) is 0. The van der Waals surface area contributed by atoms with Crippen LogP contribution in [0.25, 0.3) is 11.1 Å². The van der Waals surface area contributed by atoms with Gasteiger partial charge in [-0.25, -0.2) is 13.2 Å². The van der Waals surface area contributed by atoms with Crippen molar-refractivity contribution in [3.8, 4) is 22.6 Å². The highest BCUT2D eigenvalue weighted by Crippen LogP contribution is 2.42. The normalized spacial score (nSPS) is 17.9. The number of benzene rings is 3. The van der Waals surface area contributed by atoms with Gasteiger partial charge in [-0.3, -0.25) is 0 Å². The van der Waals surface area contributed by atoms with Gasteiger partial charge in [0.2, 0.25) is 5.75 Å². The molecule has 0 N–H and O–H groups in total. The Morgan fingerprint density at radius 2 is 1.41 bits per heavy atom. The Morgan fingerprint density at radius 3 is 2.02 bits per heavy atom. The van der Waals surface area contributed by atoms with Crippen molar-refractivity contribution in [2.75, 3.05) is 0 Å². The van der Waals surface area contributed by atoms with Gasteiger partial charge < -0.3 is 9.47 Å². The topological polar surface area (TPSA) is 18.5 Å². The second kappa shape index (κ2) is 12.7. The van der Waals surface area contributed by atoms with E-state index in [0.717, 1.165) is 50.3 Å². The van der Waals surface area contributed by atoms with Crippen molar-refractivity contribution >= 4 is 0 Å². The largest absolute Gasteiger partial charge is 0.573 e. The van der Waals surface area contributed by atoms with Crippen LogP contribution in [-0.2, 0) is 6.11 Å². The third-order valence-corrected chi connectivity index (χ3v) is 7.49. The number of unbranched alkanes of at least 4 members (excludes halogenated alkanes) is 2. The summed E-state index contributed by atoms with van der Waals surface area (Å²) in [6.07, 6.45) is -1.07. The fraction of sp³-hybridized carbons (Fsp3) is 0.419. The van der Waals surface area contributed by atoms with Gasteiger partial charge in [-0.2, -0.15) is 8.78 Å². The molecule has 3 aromatic carbocycles. The van der Waals surface area contributed by atoms with Crippen molar-refractivity contribution in [2.45, 2.75) is 76.7 Å². The lowest BCUT2D eigenvalue weighted by molar-refractivity contribution is -0.276. The summed E-state index contributed by atoms with van der Waals surface area (Å²) < 4.78 is 120. The molecule has 0 aliphatic heterocycles. The number of para-hydroxylation sites is 1. The summed E-state index contributed by atoms with van der Waals surface area (Å²) in [6.45, 7) is 2.16. The highest BCUT2D eigenvalue weighted by Gasteiger charge is 2.39. The molecule has 0 bridgehead atoms. The Balaban J connectivity index is 1.51. The second-order valence-electron chi connectivity index (χ2n) is 10.4. The lowest BCUT2D eigenvalue weighted by Crippen LogP contribution is -2.24. The van der Waals surface area contributed by atoms with Crippen LogP contribution in [0.2, 0.25) is 0 Å². The maximum Gasteiger partial charge on any atom is 0.573 e. The van der Waals surface area contributed by atoms with Crippen molar-refractivity contribution in [1.29, 1.82) is 0 Å². The van der Waals surface area contributed by atoms with Crippen molar-refractivity contribution in [2.24, 2.45) is 5.92 Å². The Morgan fingerprint density at radius 1 is 0.756 bits per heavy atom. The molecule has 0 saturated heterocycles. The maximum absolute atomic E-state index is 15.2. The molecule has 41 heavy (non-hydrogen) atoms. The standard InChI is InChI=1S/C31H30F8O2/c1-2-3-4-7-19-10-12-20(13-11-19)21-14-15-24(25(32)16-21)30(35,36)40-28-9-6-5-8-23(28)22-17-26(33)29(27(34)18-22)41-31(37,38)39/h5-6,8-9,14-20H,2-4,7,10-13H2,1H3. The minimum absolute atomic E-state index is 0.0744. The monoisotopic (exact) mass is 586 g/mol. The van der Waals surface area contributed by atoms with Crippen LogP contribution in [0.4, 0.5) is 35.1 Å². The number of ether oxygens (including phenoxy) is 2. The summed E-state index contributed by atoms with van der Waals surface area (Å²) >= 11 is 0. The number of rotatable bonds is 10. The number of hydrogen-bond acceptors (Lipinski definition) is 2. The molecule has 0 atom stereocenters. The fourth-order valence-electron chi connectivity index (χ4n) is 5.40. The van der Waals surface area contributed by atoms with Crippen LogP contribution in [-0.4, -0.2) is 6.36 Å². The van der Waals surface area contributed by atoms with Crippen LogP contribution in [0.15, 0.2) is 54.6 Å². The summed E-state index contributed by atoms with van der Waals surface area (Å²) in [7, 11) is 0. The van der Waals surface area contributed by atoms with Gasteiger partial charge in [0.1, 0.15) is 11.6 Å². The first-order valence-corrected chi connectivity index (χ1v) is 13.6. The summed E-state index contributed by atoms with van der Waals surface area (Å²) in [5, 5.41) is 0. The minimum atomic E-state index is -5.35. The Kier molecular flexibility index (Phi) is 9.49. The maximum atomic E-state index is 15.2. The number of halogens is 8. The van der Waals surface area contributed by atoms with E-state index in [1.807, 2.05) is 0 Å². The van der Waals surface area contributed by atoms with Gasteiger partial charge in [0.05, 0.1) is 5.56 Å². The number of alkyl halides is 5. The molecule has 0 heterocycles. The molecule has 1 fully saturated rings. The zero-order chi connectivity index (χ0) is 29.8. The summed E-state index contributed by atoms with van der Waals surface area (Å²) in [4.78, 5) is 0. The molecule has 0 amide bonds. The molecule has 10 heteroatoms. The van der Waals surface area contributed by atoms with E-state index in [0.29, 0.717) is 23.6 Å². The van der Waals surface area contributed by atoms with E-state index >= 15 is 13.2 Å². The van der Waals surface area contributed by atoms with E-state index in [1.165, 1.54) is 43.5 Å². The first-order chi connectivity index (χ1) is 19.4. The fourth-order valence-corrected chi connectivity index (χ4v) is 5.40. The zero-order valence-corrected chi connectivity index (χ0v) is 22.3. The molecule has 1 saturated carbocycles. The first kappa shape index (κ1) is 30.7. The Bertz CT molecular complexity index is 1310. The summed E-state index contributed by atoms with van der Waals surface area (Å²) in [6, 6.07) is 9.45. The average molecular weight is 587 g/mol. The minimum Gasteiger partial charge on any atom is -0.428 e. The summed E-state index contributed by atoms with van der Waals surface area (Å²) in [5.41, 5.74) is -1.02. The van der Waals surface area contributed by atoms with Crippen LogP contribution >= 0.6 is 0 Å². The van der Waals surface area contributed by atoms with Gasteiger partial charge in [-0.15, -0.1) is 13.2 Å². The molecule has 0 aromatic heterocycles. The molecule has 0 spiro atoms.